The molecule has 0 aliphatic rings. The number of sulfone groups is 1. The average molecular weight is 314 g/mol. The maximum atomic E-state index is 11.7. The number of aliphatic carboxylic acids is 1. The Morgan fingerprint density at radius 2 is 2.05 bits per heavy atom. The molecule has 2 aromatic heterocycles. The van der Waals surface area contributed by atoms with Crippen molar-refractivity contribution in [1.82, 2.24) is 9.36 Å². The van der Waals surface area contributed by atoms with Crippen LogP contribution in [0.2, 0.25) is 0 Å². The summed E-state index contributed by atoms with van der Waals surface area (Å²) >= 11 is 1.25. The van der Waals surface area contributed by atoms with Crippen LogP contribution in [-0.4, -0.2) is 34.6 Å². The van der Waals surface area contributed by atoms with Crippen LogP contribution in [0.4, 0.5) is 0 Å². The topological polar surface area (TPSA) is 101 Å². The van der Waals surface area contributed by atoms with Gasteiger partial charge in [-0.05, 0) is 11.5 Å². The second kappa shape index (κ2) is 6.06. The minimum absolute atomic E-state index is 0.239. The summed E-state index contributed by atoms with van der Waals surface area (Å²) in [6, 6.07) is 3.49. The van der Waals surface area contributed by atoms with Gasteiger partial charge in [0.1, 0.15) is 11.3 Å². The minimum atomic E-state index is -3.44. The van der Waals surface area contributed by atoms with Crippen LogP contribution < -0.4 is 4.57 Å². The molecule has 0 saturated carbocycles. The van der Waals surface area contributed by atoms with Gasteiger partial charge in [0.25, 0.3) is 0 Å². The zero-order valence-electron chi connectivity index (χ0n) is 10.3. The zero-order valence-corrected chi connectivity index (χ0v) is 12.0. The van der Waals surface area contributed by atoms with Gasteiger partial charge in [-0.25, -0.2) is 13.4 Å². The van der Waals surface area contributed by atoms with E-state index in [1.54, 1.807) is 24.5 Å². The number of carboxylic acids is 1. The van der Waals surface area contributed by atoms with Gasteiger partial charge in [-0.2, -0.15) is 8.94 Å². The molecule has 0 fully saturated rings. The summed E-state index contributed by atoms with van der Waals surface area (Å²) in [5.74, 6) is -1.73. The lowest BCUT2D eigenvalue weighted by Gasteiger charge is -2.00. The highest BCUT2D eigenvalue weighted by atomic mass is 32.2. The molecule has 2 rings (SSSR count). The number of carbonyl (C=O) groups is 1. The molecule has 0 bridgehead atoms. The second-order valence-corrected chi connectivity index (χ2v) is 7.00. The summed E-state index contributed by atoms with van der Waals surface area (Å²) < 4.78 is 28.8. The Morgan fingerprint density at radius 3 is 2.60 bits per heavy atom. The van der Waals surface area contributed by atoms with E-state index in [0.29, 0.717) is 0 Å². The van der Waals surface area contributed by atoms with Crippen LogP contribution >= 0.6 is 11.5 Å². The first-order chi connectivity index (χ1) is 9.46. The van der Waals surface area contributed by atoms with E-state index in [0.717, 1.165) is 10.6 Å². The van der Waals surface area contributed by atoms with E-state index in [2.05, 4.69) is 9.36 Å². The minimum Gasteiger partial charge on any atom is -0.481 e. The van der Waals surface area contributed by atoms with E-state index in [9.17, 15) is 13.2 Å². The Kier molecular flexibility index (Phi) is 4.40. The summed E-state index contributed by atoms with van der Waals surface area (Å²) in [4.78, 5) is 14.4. The lowest BCUT2D eigenvalue weighted by atomic mass is 10.3. The zero-order chi connectivity index (χ0) is 14.6. The predicted octanol–water partition coefficient (Wildman–Crippen LogP) is 0.340. The number of aromatic nitrogens is 3. The fourth-order valence-corrected chi connectivity index (χ4v) is 3.29. The van der Waals surface area contributed by atoms with Gasteiger partial charge >= 0.3 is 5.97 Å². The van der Waals surface area contributed by atoms with Gasteiger partial charge in [-0.3, -0.25) is 4.79 Å². The van der Waals surface area contributed by atoms with Crippen molar-refractivity contribution in [3.05, 3.63) is 30.9 Å². The third-order valence-electron chi connectivity index (χ3n) is 2.47. The van der Waals surface area contributed by atoms with E-state index in [1.807, 2.05) is 0 Å². The SMILES string of the molecule is O=C(O)CCS(=O)(=O)C[n+]1ccc(-c2ncns2)cc1. The molecule has 0 aliphatic carbocycles. The van der Waals surface area contributed by atoms with Crippen LogP contribution in [-0.2, 0) is 20.5 Å². The third kappa shape index (κ3) is 4.07. The van der Waals surface area contributed by atoms with Crippen LogP contribution in [0, 0.1) is 0 Å². The Hall–Kier alpha value is -1.87. The van der Waals surface area contributed by atoms with Crippen molar-refractivity contribution in [2.45, 2.75) is 12.3 Å². The average Bonchev–Trinajstić information content (AvgIpc) is 2.91. The van der Waals surface area contributed by atoms with E-state index >= 15 is 0 Å². The molecule has 7 nitrogen and oxygen atoms in total. The van der Waals surface area contributed by atoms with Crippen molar-refractivity contribution in [2.24, 2.45) is 0 Å². The highest BCUT2D eigenvalue weighted by Crippen LogP contribution is 2.17. The Balaban J connectivity index is 2.05. The molecule has 0 saturated heterocycles. The maximum absolute atomic E-state index is 11.7. The summed E-state index contributed by atoms with van der Waals surface area (Å²) in [7, 11) is -3.44. The number of pyridine rings is 1. The number of rotatable bonds is 6. The van der Waals surface area contributed by atoms with Crippen molar-refractivity contribution in [3.8, 4) is 10.6 Å². The van der Waals surface area contributed by atoms with Gasteiger partial charge in [0.2, 0.25) is 15.7 Å². The maximum Gasteiger partial charge on any atom is 0.304 e. The molecule has 9 heteroatoms. The molecule has 0 aromatic carbocycles. The highest BCUT2D eigenvalue weighted by Gasteiger charge is 2.18. The van der Waals surface area contributed by atoms with Crippen LogP contribution in [0.25, 0.3) is 10.6 Å². The van der Waals surface area contributed by atoms with Crippen LogP contribution in [0.1, 0.15) is 6.42 Å². The second-order valence-electron chi connectivity index (χ2n) is 4.07. The molecule has 0 radical (unpaired) electrons. The summed E-state index contributed by atoms with van der Waals surface area (Å²) in [6.45, 7) is 0. The van der Waals surface area contributed by atoms with Crippen molar-refractivity contribution < 1.29 is 22.9 Å². The Labute approximate surface area is 119 Å². The lowest BCUT2D eigenvalue weighted by molar-refractivity contribution is -0.677. The van der Waals surface area contributed by atoms with Crippen molar-refractivity contribution >= 4 is 27.3 Å². The molecule has 0 amide bonds. The molecule has 2 aromatic rings. The smallest absolute Gasteiger partial charge is 0.304 e. The monoisotopic (exact) mass is 314 g/mol. The van der Waals surface area contributed by atoms with E-state index in [4.69, 9.17) is 5.11 Å². The molecule has 0 aliphatic heterocycles. The van der Waals surface area contributed by atoms with Crippen LogP contribution in [0.5, 0.6) is 0 Å². The number of nitrogens with zero attached hydrogens (tertiary/aromatic N) is 3. The van der Waals surface area contributed by atoms with Crippen LogP contribution in [0.3, 0.4) is 0 Å². The van der Waals surface area contributed by atoms with Crippen LogP contribution in [0.15, 0.2) is 30.9 Å². The molecule has 0 spiro atoms. The molecule has 0 unspecified atom stereocenters. The molecule has 1 N–H and O–H groups in total. The third-order valence-corrected chi connectivity index (χ3v) is 4.70. The van der Waals surface area contributed by atoms with Gasteiger partial charge in [-0.1, -0.05) is 0 Å². The quantitative estimate of drug-likeness (QED) is 0.772. The van der Waals surface area contributed by atoms with Gasteiger partial charge in [-0.15, -0.1) is 0 Å². The highest BCUT2D eigenvalue weighted by molar-refractivity contribution is 7.90. The van der Waals surface area contributed by atoms with E-state index in [-0.39, 0.29) is 18.1 Å². The Morgan fingerprint density at radius 1 is 1.35 bits per heavy atom. The molecule has 0 atom stereocenters. The van der Waals surface area contributed by atoms with Gasteiger partial charge in [0.15, 0.2) is 12.4 Å². The summed E-state index contributed by atoms with van der Waals surface area (Å²) in [5, 5.41) is 9.26. The van der Waals surface area contributed by atoms with E-state index < -0.39 is 15.8 Å². The summed E-state index contributed by atoms with van der Waals surface area (Å²) in [5.41, 5.74) is 0.853. The largest absolute Gasteiger partial charge is 0.481 e. The standard InChI is InChI=1S/C11H11N3O4S2/c15-10(16)3-6-20(17,18)8-14-4-1-9(2-5-14)11-12-7-13-19-11/h1-2,4-5,7H,3,6,8H2/p+1. The van der Waals surface area contributed by atoms with Gasteiger partial charge < -0.3 is 5.11 Å². The van der Waals surface area contributed by atoms with Gasteiger partial charge in [0.05, 0.1) is 12.2 Å². The molecule has 2 heterocycles. The van der Waals surface area contributed by atoms with Crippen molar-refractivity contribution in [2.75, 3.05) is 5.75 Å². The Bertz CT molecular complexity index is 681. The fourth-order valence-electron chi connectivity index (χ4n) is 1.52. The predicted molar refractivity (Wildman–Crippen MR) is 71.6 cm³/mol. The normalized spacial score (nSPS) is 11.4. The molecule has 20 heavy (non-hydrogen) atoms. The van der Waals surface area contributed by atoms with Crippen molar-refractivity contribution in [3.63, 3.8) is 0 Å². The number of hydrogen-bond acceptors (Lipinski definition) is 6. The number of hydrogen-bond donors (Lipinski definition) is 1. The fraction of sp³-hybridized carbons (Fsp3) is 0.273. The summed E-state index contributed by atoms with van der Waals surface area (Å²) in [6.07, 6.45) is 4.31. The molecular weight excluding hydrogens is 302 g/mol. The first kappa shape index (κ1) is 14.5. The molecular formula is C11H12N3O4S2+. The van der Waals surface area contributed by atoms with Crippen molar-refractivity contribution in [1.29, 1.82) is 0 Å². The lowest BCUT2D eigenvalue weighted by Crippen LogP contribution is -2.38. The first-order valence-electron chi connectivity index (χ1n) is 5.65. The van der Waals surface area contributed by atoms with Gasteiger partial charge in [0, 0.05) is 17.7 Å². The first-order valence-corrected chi connectivity index (χ1v) is 8.24. The van der Waals surface area contributed by atoms with E-state index in [1.165, 1.54) is 22.4 Å². The molecule has 106 valence electrons. The number of carboxylic acid groups (broad SMARTS) is 1.